The van der Waals surface area contributed by atoms with Gasteiger partial charge in [-0.2, -0.15) is 0 Å². The number of hydrogen-bond donors (Lipinski definition) is 3. The second kappa shape index (κ2) is 8.52. The number of benzene rings is 1. The number of imide groups is 1. The summed E-state index contributed by atoms with van der Waals surface area (Å²) in [4.78, 5) is 45.2. The minimum absolute atomic E-state index is 0.0298. The number of carbonyl (C=O) groups is 4. The Morgan fingerprint density at radius 1 is 1.13 bits per heavy atom. The fraction of sp³-hybridized carbons (Fsp3) is 0.333. The van der Waals surface area contributed by atoms with E-state index >= 15 is 0 Å². The number of nitrogens with one attached hydrogen (secondary N) is 3. The molecule has 1 aromatic carbocycles. The average molecular weight is 321 g/mol. The van der Waals surface area contributed by atoms with Crippen molar-refractivity contribution in [1.82, 2.24) is 10.6 Å². The molecule has 8 nitrogen and oxygen atoms in total. The summed E-state index contributed by atoms with van der Waals surface area (Å²) in [6.45, 7) is 2.77. The molecule has 0 fully saturated rings. The third-order valence-electron chi connectivity index (χ3n) is 2.76. The van der Waals surface area contributed by atoms with Crippen LogP contribution < -0.4 is 16.0 Å². The number of ether oxygens (including phenoxy) is 1. The normalized spacial score (nSPS) is 11.1. The molecule has 23 heavy (non-hydrogen) atoms. The Balaban J connectivity index is 2.51. The van der Waals surface area contributed by atoms with Gasteiger partial charge in [0.15, 0.2) is 6.10 Å². The Labute approximate surface area is 133 Å². The molecule has 0 bridgehead atoms. The van der Waals surface area contributed by atoms with Crippen LogP contribution in [0.15, 0.2) is 24.3 Å². The highest BCUT2D eigenvalue weighted by atomic mass is 16.5. The largest absolute Gasteiger partial charge is 0.452 e. The van der Waals surface area contributed by atoms with E-state index in [2.05, 4.69) is 10.6 Å². The molecule has 0 heterocycles. The summed E-state index contributed by atoms with van der Waals surface area (Å²) in [6.07, 6.45) is -1.11. The molecule has 0 aliphatic rings. The number of carbonyl (C=O) groups excluding carboxylic acids is 4. The van der Waals surface area contributed by atoms with Gasteiger partial charge in [0, 0.05) is 19.7 Å². The number of esters is 1. The fourth-order valence-electron chi connectivity index (χ4n) is 1.64. The zero-order valence-electron chi connectivity index (χ0n) is 13.1. The van der Waals surface area contributed by atoms with Crippen LogP contribution >= 0.6 is 0 Å². The van der Waals surface area contributed by atoms with E-state index in [-0.39, 0.29) is 12.3 Å². The van der Waals surface area contributed by atoms with Crippen molar-refractivity contribution in [3.8, 4) is 0 Å². The maximum absolute atomic E-state index is 11.8. The standard InChI is InChI=1S/C15H19N3O5/c1-9(14(21)18-15(22)16-3)23-13(20)8-11-4-6-12(7-5-11)17-10(2)19/h4-7,9H,8H2,1-3H3,(H,17,19)(H2,16,18,21,22)/t9-/m0/s1. The maximum Gasteiger partial charge on any atom is 0.321 e. The molecule has 1 aromatic rings. The Kier molecular flexibility index (Phi) is 6.72. The van der Waals surface area contributed by atoms with Crippen molar-refractivity contribution < 1.29 is 23.9 Å². The van der Waals surface area contributed by atoms with Gasteiger partial charge in [-0.15, -0.1) is 0 Å². The van der Waals surface area contributed by atoms with Crippen molar-refractivity contribution >= 4 is 29.5 Å². The van der Waals surface area contributed by atoms with Gasteiger partial charge in [0.05, 0.1) is 6.42 Å². The first-order valence-electron chi connectivity index (χ1n) is 6.90. The van der Waals surface area contributed by atoms with E-state index < -0.39 is 24.0 Å². The molecule has 0 aliphatic heterocycles. The number of urea groups is 1. The van der Waals surface area contributed by atoms with Crippen LogP contribution in [0.2, 0.25) is 0 Å². The van der Waals surface area contributed by atoms with Crippen molar-refractivity contribution in [1.29, 1.82) is 0 Å². The van der Waals surface area contributed by atoms with E-state index in [1.165, 1.54) is 20.9 Å². The molecule has 4 amide bonds. The molecule has 1 rings (SSSR count). The van der Waals surface area contributed by atoms with Crippen LogP contribution in [0.1, 0.15) is 19.4 Å². The minimum Gasteiger partial charge on any atom is -0.452 e. The van der Waals surface area contributed by atoms with Crippen LogP contribution in [0, 0.1) is 0 Å². The molecule has 0 saturated carbocycles. The molecule has 1 atom stereocenters. The molecule has 0 unspecified atom stereocenters. The van der Waals surface area contributed by atoms with Gasteiger partial charge in [0.2, 0.25) is 5.91 Å². The molecular formula is C15H19N3O5. The maximum atomic E-state index is 11.8. The first kappa shape index (κ1) is 18.1. The Morgan fingerprint density at radius 2 is 1.74 bits per heavy atom. The first-order valence-corrected chi connectivity index (χ1v) is 6.90. The summed E-state index contributed by atoms with van der Waals surface area (Å²) in [5, 5.41) is 6.85. The van der Waals surface area contributed by atoms with E-state index in [1.807, 2.05) is 5.32 Å². The van der Waals surface area contributed by atoms with Crippen LogP contribution in [0.5, 0.6) is 0 Å². The number of hydrogen-bond acceptors (Lipinski definition) is 5. The average Bonchev–Trinajstić information content (AvgIpc) is 2.48. The van der Waals surface area contributed by atoms with Crippen LogP contribution in [0.3, 0.4) is 0 Å². The summed E-state index contributed by atoms with van der Waals surface area (Å²) in [5.41, 5.74) is 1.29. The zero-order valence-corrected chi connectivity index (χ0v) is 13.1. The van der Waals surface area contributed by atoms with Gasteiger partial charge >= 0.3 is 12.0 Å². The lowest BCUT2D eigenvalue weighted by Gasteiger charge is -2.12. The number of amides is 4. The van der Waals surface area contributed by atoms with Crippen molar-refractivity contribution in [3.63, 3.8) is 0 Å². The van der Waals surface area contributed by atoms with Gasteiger partial charge in [-0.1, -0.05) is 12.1 Å². The first-order chi connectivity index (χ1) is 10.8. The third kappa shape index (κ3) is 6.60. The summed E-state index contributed by atoms with van der Waals surface area (Å²) in [5.74, 6) is -1.50. The second-order valence-electron chi connectivity index (χ2n) is 4.76. The zero-order chi connectivity index (χ0) is 17.4. The van der Waals surface area contributed by atoms with Crippen molar-refractivity contribution in [2.75, 3.05) is 12.4 Å². The lowest BCUT2D eigenvalue weighted by atomic mass is 10.1. The SMILES string of the molecule is CNC(=O)NC(=O)[C@H](C)OC(=O)Cc1ccc(NC(C)=O)cc1. The van der Waals surface area contributed by atoms with E-state index in [0.29, 0.717) is 11.3 Å². The van der Waals surface area contributed by atoms with Gasteiger partial charge in [0.25, 0.3) is 5.91 Å². The lowest BCUT2D eigenvalue weighted by molar-refractivity contribution is -0.153. The summed E-state index contributed by atoms with van der Waals surface area (Å²) in [6, 6.07) is 5.98. The van der Waals surface area contributed by atoms with Gasteiger partial charge in [-0.05, 0) is 24.6 Å². The van der Waals surface area contributed by atoms with Crippen LogP contribution in [0.4, 0.5) is 10.5 Å². The highest BCUT2D eigenvalue weighted by Crippen LogP contribution is 2.10. The van der Waals surface area contributed by atoms with Crippen molar-refractivity contribution in [3.05, 3.63) is 29.8 Å². The number of rotatable bonds is 5. The Bertz CT molecular complexity index is 598. The molecule has 0 saturated heterocycles. The highest BCUT2D eigenvalue weighted by molar-refractivity contribution is 5.97. The third-order valence-corrected chi connectivity index (χ3v) is 2.76. The van der Waals surface area contributed by atoms with Crippen LogP contribution in [0.25, 0.3) is 0 Å². The number of anilines is 1. The van der Waals surface area contributed by atoms with E-state index in [1.54, 1.807) is 24.3 Å². The van der Waals surface area contributed by atoms with Gasteiger partial charge < -0.3 is 15.4 Å². The van der Waals surface area contributed by atoms with Crippen molar-refractivity contribution in [2.24, 2.45) is 0 Å². The lowest BCUT2D eigenvalue weighted by Crippen LogP contribution is -2.43. The second-order valence-corrected chi connectivity index (χ2v) is 4.76. The quantitative estimate of drug-likeness (QED) is 0.686. The van der Waals surface area contributed by atoms with E-state index in [4.69, 9.17) is 4.74 Å². The molecule has 0 spiro atoms. The Morgan fingerprint density at radius 3 is 2.26 bits per heavy atom. The molecule has 0 aromatic heterocycles. The molecular weight excluding hydrogens is 302 g/mol. The van der Waals surface area contributed by atoms with Crippen molar-refractivity contribution in [2.45, 2.75) is 26.4 Å². The monoisotopic (exact) mass is 321 g/mol. The molecule has 124 valence electrons. The summed E-state index contributed by atoms with van der Waals surface area (Å²) >= 11 is 0. The van der Waals surface area contributed by atoms with Gasteiger partial charge in [0.1, 0.15) is 0 Å². The summed E-state index contributed by atoms with van der Waals surface area (Å²) < 4.78 is 4.96. The van der Waals surface area contributed by atoms with Crippen LogP contribution in [-0.4, -0.2) is 37.0 Å². The molecule has 0 aliphatic carbocycles. The highest BCUT2D eigenvalue weighted by Gasteiger charge is 2.19. The van der Waals surface area contributed by atoms with Gasteiger partial charge in [-0.3, -0.25) is 19.7 Å². The predicted molar refractivity (Wildman–Crippen MR) is 82.6 cm³/mol. The topological polar surface area (TPSA) is 114 Å². The molecule has 3 N–H and O–H groups in total. The van der Waals surface area contributed by atoms with Crippen LogP contribution in [-0.2, 0) is 25.5 Å². The van der Waals surface area contributed by atoms with Gasteiger partial charge in [-0.25, -0.2) is 4.79 Å². The molecule has 8 heteroatoms. The minimum atomic E-state index is -1.08. The summed E-state index contributed by atoms with van der Waals surface area (Å²) in [7, 11) is 1.36. The van der Waals surface area contributed by atoms with E-state index in [0.717, 1.165) is 0 Å². The van der Waals surface area contributed by atoms with E-state index in [9.17, 15) is 19.2 Å². The molecule has 0 radical (unpaired) electrons. The predicted octanol–water partition coefficient (Wildman–Crippen LogP) is 0.575. The Hall–Kier alpha value is -2.90. The fourth-order valence-corrected chi connectivity index (χ4v) is 1.64. The smallest absolute Gasteiger partial charge is 0.321 e.